The summed E-state index contributed by atoms with van der Waals surface area (Å²) in [5.74, 6) is -0.509. The molecule has 0 saturated carbocycles. The number of methoxy groups -OCH3 is 1. The van der Waals surface area contributed by atoms with E-state index in [2.05, 4.69) is 20.7 Å². The summed E-state index contributed by atoms with van der Waals surface area (Å²) in [6.45, 7) is 0. The van der Waals surface area contributed by atoms with Gasteiger partial charge in [0.1, 0.15) is 5.69 Å². The van der Waals surface area contributed by atoms with E-state index in [4.69, 9.17) is 0 Å². The molecular weight excluding hydrogens is 250 g/mol. The minimum Gasteiger partial charge on any atom is -0.464 e. The first-order chi connectivity index (χ1) is 6.61. The maximum absolute atomic E-state index is 11.6. The molecule has 1 aromatic rings. The lowest BCUT2D eigenvalue weighted by atomic mass is 10.2. The first-order valence-corrected chi connectivity index (χ1v) is 5.07. The number of rotatable bonds is 2. The number of carbonyl (C=O) groups is 1. The molecule has 4 nitrogen and oxygen atoms in total. The number of aromatic nitrogens is 1. The van der Waals surface area contributed by atoms with E-state index in [1.807, 2.05) is 0 Å². The lowest BCUT2D eigenvalue weighted by Gasteiger charge is -2.06. The third kappa shape index (κ3) is 1.87. The van der Waals surface area contributed by atoms with Gasteiger partial charge in [-0.2, -0.15) is 0 Å². The van der Waals surface area contributed by atoms with Crippen LogP contribution in [0.4, 0.5) is 0 Å². The Kier molecular flexibility index (Phi) is 3.46. The monoisotopic (exact) mass is 259 g/mol. The summed E-state index contributed by atoms with van der Waals surface area (Å²) in [4.78, 5) is 22.8. The zero-order chi connectivity index (χ0) is 10.7. The van der Waals surface area contributed by atoms with Crippen LogP contribution in [0.2, 0.25) is 0 Å². The van der Waals surface area contributed by atoms with Gasteiger partial charge in [-0.15, -0.1) is 0 Å². The quantitative estimate of drug-likeness (QED) is 0.590. The SMILES string of the molecule is COC(=O)c1ccc(CBr)c(=O)n1C. The van der Waals surface area contributed by atoms with Crippen LogP contribution in [-0.2, 0) is 17.1 Å². The first kappa shape index (κ1) is 11.0. The van der Waals surface area contributed by atoms with Crippen molar-refractivity contribution in [2.24, 2.45) is 7.05 Å². The number of halogens is 1. The third-order valence-corrected chi connectivity index (χ3v) is 2.53. The molecule has 0 unspecified atom stereocenters. The molecule has 1 aromatic heterocycles. The topological polar surface area (TPSA) is 48.3 Å². The van der Waals surface area contributed by atoms with Gasteiger partial charge in [0, 0.05) is 17.9 Å². The second-order valence-electron chi connectivity index (χ2n) is 2.73. The molecule has 0 spiro atoms. The van der Waals surface area contributed by atoms with Crippen LogP contribution >= 0.6 is 15.9 Å². The summed E-state index contributed by atoms with van der Waals surface area (Å²) in [5.41, 5.74) is 0.673. The average Bonchev–Trinajstić information content (AvgIpc) is 2.21. The highest BCUT2D eigenvalue weighted by Crippen LogP contribution is 2.03. The number of esters is 1. The van der Waals surface area contributed by atoms with Crippen LogP contribution in [0, 0.1) is 0 Å². The Morgan fingerprint density at radius 1 is 1.57 bits per heavy atom. The molecule has 0 atom stereocenters. The van der Waals surface area contributed by atoms with Crippen molar-refractivity contribution in [3.05, 3.63) is 33.7 Å². The van der Waals surface area contributed by atoms with E-state index in [-0.39, 0.29) is 11.3 Å². The van der Waals surface area contributed by atoms with E-state index >= 15 is 0 Å². The zero-order valence-corrected chi connectivity index (χ0v) is 9.50. The minimum atomic E-state index is -0.509. The van der Waals surface area contributed by atoms with Gasteiger partial charge in [0.15, 0.2) is 0 Å². The van der Waals surface area contributed by atoms with Gasteiger partial charge >= 0.3 is 5.97 Å². The number of alkyl halides is 1. The Bertz CT molecular complexity index is 411. The van der Waals surface area contributed by atoms with Crippen molar-refractivity contribution < 1.29 is 9.53 Å². The van der Waals surface area contributed by atoms with Crippen LogP contribution in [0.1, 0.15) is 16.1 Å². The van der Waals surface area contributed by atoms with Crippen molar-refractivity contribution in [2.45, 2.75) is 5.33 Å². The maximum Gasteiger partial charge on any atom is 0.354 e. The van der Waals surface area contributed by atoms with Gasteiger partial charge in [-0.3, -0.25) is 4.79 Å². The van der Waals surface area contributed by atoms with Crippen LogP contribution in [0.15, 0.2) is 16.9 Å². The molecule has 5 heteroatoms. The van der Waals surface area contributed by atoms with Crippen molar-refractivity contribution in [2.75, 3.05) is 7.11 Å². The summed E-state index contributed by atoms with van der Waals surface area (Å²) in [6.07, 6.45) is 0. The molecule has 0 aromatic carbocycles. The largest absolute Gasteiger partial charge is 0.464 e. The second kappa shape index (κ2) is 4.41. The highest BCUT2D eigenvalue weighted by molar-refractivity contribution is 9.08. The summed E-state index contributed by atoms with van der Waals surface area (Å²) in [7, 11) is 2.83. The maximum atomic E-state index is 11.6. The van der Waals surface area contributed by atoms with E-state index in [0.717, 1.165) is 0 Å². The van der Waals surface area contributed by atoms with Crippen molar-refractivity contribution in [1.29, 1.82) is 0 Å². The Balaban J connectivity index is 3.31. The lowest BCUT2D eigenvalue weighted by molar-refractivity contribution is 0.0588. The fourth-order valence-electron chi connectivity index (χ4n) is 1.10. The molecule has 0 N–H and O–H groups in total. The molecule has 1 rings (SSSR count). The Morgan fingerprint density at radius 2 is 2.21 bits per heavy atom. The molecule has 14 heavy (non-hydrogen) atoms. The number of pyridine rings is 1. The van der Waals surface area contributed by atoms with Gasteiger partial charge in [0.05, 0.1) is 7.11 Å². The van der Waals surface area contributed by atoms with Crippen LogP contribution in [-0.4, -0.2) is 17.6 Å². The molecule has 0 aliphatic heterocycles. The highest BCUT2D eigenvalue weighted by atomic mass is 79.9. The van der Waals surface area contributed by atoms with Gasteiger partial charge in [-0.1, -0.05) is 22.0 Å². The van der Waals surface area contributed by atoms with Crippen LogP contribution < -0.4 is 5.56 Å². The summed E-state index contributed by atoms with van der Waals surface area (Å²) in [5, 5.41) is 0.473. The Hall–Kier alpha value is -1.10. The number of carbonyl (C=O) groups excluding carboxylic acids is 1. The smallest absolute Gasteiger partial charge is 0.354 e. The first-order valence-electron chi connectivity index (χ1n) is 3.95. The van der Waals surface area contributed by atoms with Crippen LogP contribution in [0.25, 0.3) is 0 Å². The van der Waals surface area contributed by atoms with E-state index in [1.165, 1.54) is 11.7 Å². The summed E-state index contributed by atoms with van der Waals surface area (Å²) >= 11 is 3.19. The predicted octanol–water partition coefficient (Wildman–Crippen LogP) is 1.07. The molecule has 0 saturated heterocycles. The fourth-order valence-corrected chi connectivity index (χ4v) is 1.53. The van der Waals surface area contributed by atoms with Gasteiger partial charge in [0.25, 0.3) is 5.56 Å². The molecule has 0 bridgehead atoms. The third-order valence-electron chi connectivity index (χ3n) is 1.92. The van der Waals surface area contributed by atoms with Gasteiger partial charge in [-0.05, 0) is 6.07 Å². The van der Waals surface area contributed by atoms with Crippen molar-refractivity contribution in [3.8, 4) is 0 Å². The standard InChI is InChI=1S/C9H10BrNO3/c1-11-7(9(13)14-2)4-3-6(5-10)8(11)12/h3-4H,5H2,1-2H3. The molecule has 0 aliphatic carbocycles. The summed E-state index contributed by atoms with van der Waals surface area (Å²) in [6, 6.07) is 3.19. The van der Waals surface area contributed by atoms with Crippen molar-refractivity contribution in [1.82, 2.24) is 4.57 Å². The molecule has 0 radical (unpaired) electrons. The van der Waals surface area contributed by atoms with E-state index in [1.54, 1.807) is 19.2 Å². The van der Waals surface area contributed by atoms with E-state index in [9.17, 15) is 9.59 Å². The normalized spacial score (nSPS) is 9.93. The minimum absolute atomic E-state index is 0.190. The molecular formula is C9H10BrNO3. The van der Waals surface area contributed by atoms with Gasteiger partial charge < -0.3 is 9.30 Å². The zero-order valence-electron chi connectivity index (χ0n) is 7.91. The number of hydrogen-bond donors (Lipinski definition) is 0. The van der Waals surface area contributed by atoms with Crippen molar-refractivity contribution >= 4 is 21.9 Å². The van der Waals surface area contributed by atoms with E-state index < -0.39 is 5.97 Å². The van der Waals surface area contributed by atoms with Crippen molar-refractivity contribution in [3.63, 3.8) is 0 Å². The predicted molar refractivity (Wildman–Crippen MR) is 55.7 cm³/mol. The van der Waals surface area contributed by atoms with Crippen LogP contribution in [0.3, 0.4) is 0 Å². The molecule has 1 heterocycles. The highest BCUT2D eigenvalue weighted by Gasteiger charge is 2.11. The molecule has 0 fully saturated rings. The van der Waals surface area contributed by atoms with Gasteiger partial charge in [-0.25, -0.2) is 4.79 Å². The molecule has 0 aliphatic rings. The number of hydrogen-bond acceptors (Lipinski definition) is 3. The molecule has 0 amide bonds. The number of ether oxygens (including phenoxy) is 1. The van der Waals surface area contributed by atoms with E-state index in [0.29, 0.717) is 10.9 Å². The Labute approximate surface area is 89.6 Å². The summed E-state index contributed by atoms with van der Waals surface area (Å²) < 4.78 is 5.82. The molecule has 76 valence electrons. The second-order valence-corrected chi connectivity index (χ2v) is 3.29. The Morgan fingerprint density at radius 3 is 2.71 bits per heavy atom. The fraction of sp³-hybridized carbons (Fsp3) is 0.333. The van der Waals surface area contributed by atoms with Crippen LogP contribution in [0.5, 0.6) is 0 Å². The average molecular weight is 260 g/mol. The van der Waals surface area contributed by atoms with Gasteiger partial charge in [0.2, 0.25) is 0 Å². The number of nitrogens with zero attached hydrogens (tertiary/aromatic N) is 1. The lowest BCUT2D eigenvalue weighted by Crippen LogP contribution is -2.25.